The van der Waals surface area contributed by atoms with Gasteiger partial charge in [0.2, 0.25) is 0 Å². The molecule has 1 heterocycles. The van der Waals surface area contributed by atoms with Gasteiger partial charge >= 0.3 is 0 Å². The molecule has 0 aromatic carbocycles. The minimum Gasteiger partial charge on any atom is -0.395 e. The molecule has 1 aromatic heterocycles. The van der Waals surface area contributed by atoms with Crippen molar-refractivity contribution in [1.29, 1.82) is 0 Å². The summed E-state index contributed by atoms with van der Waals surface area (Å²) < 4.78 is 1.17. The van der Waals surface area contributed by atoms with E-state index in [2.05, 4.69) is 32.3 Å². The molecule has 0 amide bonds. The molecular formula is C13H20BrNOS. The predicted octanol–water partition coefficient (Wildman–Crippen LogP) is 3.64. The highest BCUT2D eigenvalue weighted by Gasteiger charge is 2.21. The van der Waals surface area contributed by atoms with E-state index in [-0.39, 0.29) is 6.61 Å². The van der Waals surface area contributed by atoms with Crippen molar-refractivity contribution in [2.24, 2.45) is 0 Å². The van der Waals surface area contributed by atoms with Crippen molar-refractivity contribution < 1.29 is 5.11 Å². The fourth-order valence-corrected chi connectivity index (χ4v) is 4.08. The lowest BCUT2D eigenvalue weighted by atomic mass is 9.94. The molecule has 1 aromatic rings. The maximum atomic E-state index is 9.20. The number of hydrogen-bond donors (Lipinski definition) is 1. The minimum absolute atomic E-state index is 0.267. The Balaban J connectivity index is 1.95. The van der Waals surface area contributed by atoms with Crippen LogP contribution < -0.4 is 0 Å². The summed E-state index contributed by atoms with van der Waals surface area (Å²) in [5.41, 5.74) is 0. The van der Waals surface area contributed by atoms with Crippen molar-refractivity contribution in [2.75, 3.05) is 13.2 Å². The van der Waals surface area contributed by atoms with Gasteiger partial charge in [-0.15, -0.1) is 11.3 Å². The number of hydrogen-bond acceptors (Lipinski definition) is 3. The maximum absolute atomic E-state index is 9.20. The van der Waals surface area contributed by atoms with Crippen molar-refractivity contribution >= 4 is 27.3 Å². The van der Waals surface area contributed by atoms with Crippen molar-refractivity contribution in [3.63, 3.8) is 0 Å². The molecule has 0 unspecified atom stereocenters. The van der Waals surface area contributed by atoms with Crippen molar-refractivity contribution in [3.05, 3.63) is 20.8 Å². The number of halogens is 1. The summed E-state index contributed by atoms with van der Waals surface area (Å²) in [5.74, 6) is 0. The highest BCUT2D eigenvalue weighted by molar-refractivity contribution is 9.10. The van der Waals surface area contributed by atoms with Crippen LogP contribution in [0, 0.1) is 0 Å². The van der Waals surface area contributed by atoms with E-state index in [0.29, 0.717) is 6.04 Å². The molecule has 1 aliphatic rings. The van der Waals surface area contributed by atoms with Crippen molar-refractivity contribution in [1.82, 2.24) is 4.90 Å². The van der Waals surface area contributed by atoms with Crippen LogP contribution in [0.3, 0.4) is 0 Å². The van der Waals surface area contributed by atoms with Crippen LogP contribution in [0.15, 0.2) is 15.9 Å². The van der Waals surface area contributed by atoms with Gasteiger partial charge in [0.25, 0.3) is 0 Å². The van der Waals surface area contributed by atoms with E-state index in [1.807, 2.05) is 0 Å². The van der Waals surface area contributed by atoms with E-state index >= 15 is 0 Å². The molecule has 0 bridgehead atoms. The van der Waals surface area contributed by atoms with Gasteiger partial charge in [-0.05, 0) is 34.8 Å². The Morgan fingerprint density at radius 1 is 1.35 bits per heavy atom. The third-order valence-corrected chi connectivity index (χ3v) is 5.14. The van der Waals surface area contributed by atoms with Crippen LogP contribution in [-0.4, -0.2) is 29.2 Å². The number of aliphatic hydroxyl groups excluding tert-OH is 1. The van der Waals surface area contributed by atoms with Gasteiger partial charge in [0.05, 0.1) is 6.61 Å². The zero-order chi connectivity index (χ0) is 12.1. The van der Waals surface area contributed by atoms with Gasteiger partial charge in [-0.2, -0.15) is 0 Å². The molecule has 0 aliphatic heterocycles. The Kier molecular flexibility index (Phi) is 5.48. The molecule has 2 rings (SSSR count). The SMILES string of the molecule is OCCN(Cc1cc(Br)cs1)C1CCCCC1. The van der Waals surface area contributed by atoms with Crippen molar-refractivity contribution in [3.8, 4) is 0 Å². The Labute approximate surface area is 116 Å². The molecule has 1 fully saturated rings. The Bertz CT molecular complexity index is 336. The topological polar surface area (TPSA) is 23.5 Å². The summed E-state index contributed by atoms with van der Waals surface area (Å²) in [6.07, 6.45) is 6.68. The van der Waals surface area contributed by atoms with E-state index < -0.39 is 0 Å². The lowest BCUT2D eigenvalue weighted by Gasteiger charge is -2.33. The van der Waals surface area contributed by atoms with Crippen LogP contribution in [0.2, 0.25) is 0 Å². The standard InChI is InChI=1S/C13H20BrNOS/c14-11-8-13(17-10-11)9-15(6-7-16)12-4-2-1-3-5-12/h8,10,12,16H,1-7,9H2. The first-order valence-electron chi connectivity index (χ1n) is 6.37. The Morgan fingerprint density at radius 3 is 2.71 bits per heavy atom. The second kappa shape index (κ2) is 6.88. The van der Waals surface area contributed by atoms with Crippen LogP contribution >= 0.6 is 27.3 Å². The van der Waals surface area contributed by atoms with Crippen LogP contribution in [0.25, 0.3) is 0 Å². The van der Waals surface area contributed by atoms with Gasteiger partial charge in [-0.25, -0.2) is 0 Å². The molecule has 0 spiro atoms. The Morgan fingerprint density at radius 2 is 2.12 bits per heavy atom. The van der Waals surface area contributed by atoms with E-state index in [4.69, 9.17) is 0 Å². The minimum atomic E-state index is 0.267. The van der Waals surface area contributed by atoms with Crippen molar-refractivity contribution in [2.45, 2.75) is 44.7 Å². The lowest BCUT2D eigenvalue weighted by molar-refractivity contribution is 0.118. The van der Waals surface area contributed by atoms with Crippen LogP contribution in [-0.2, 0) is 6.54 Å². The average Bonchev–Trinajstić information content (AvgIpc) is 2.75. The van der Waals surface area contributed by atoms with Crippen LogP contribution in [0.4, 0.5) is 0 Å². The maximum Gasteiger partial charge on any atom is 0.0558 e. The first kappa shape index (κ1) is 13.5. The number of nitrogens with zero attached hydrogens (tertiary/aromatic N) is 1. The fourth-order valence-electron chi connectivity index (χ4n) is 2.60. The van der Waals surface area contributed by atoms with E-state index in [9.17, 15) is 5.11 Å². The summed E-state index contributed by atoms with van der Waals surface area (Å²) in [6, 6.07) is 2.87. The molecule has 96 valence electrons. The molecule has 4 heteroatoms. The summed E-state index contributed by atoms with van der Waals surface area (Å²) in [5, 5.41) is 11.3. The monoisotopic (exact) mass is 317 g/mol. The van der Waals surface area contributed by atoms with Gasteiger partial charge < -0.3 is 5.11 Å². The van der Waals surface area contributed by atoms with Gasteiger partial charge in [-0.1, -0.05) is 19.3 Å². The molecule has 0 atom stereocenters. The van der Waals surface area contributed by atoms with E-state index in [1.54, 1.807) is 11.3 Å². The fraction of sp³-hybridized carbons (Fsp3) is 0.692. The molecule has 0 saturated heterocycles. The summed E-state index contributed by atoms with van der Waals surface area (Å²) in [6.45, 7) is 2.06. The first-order chi connectivity index (χ1) is 8.29. The average molecular weight is 318 g/mol. The second-order valence-electron chi connectivity index (χ2n) is 4.72. The number of thiophene rings is 1. The largest absolute Gasteiger partial charge is 0.395 e. The summed E-state index contributed by atoms with van der Waals surface area (Å²) in [4.78, 5) is 3.84. The summed E-state index contributed by atoms with van der Waals surface area (Å²) in [7, 11) is 0. The van der Waals surface area contributed by atoms with E-state index in [0.717, 1.165) is 13.1 Å². The molecule has 0 radical (unpaired) electrons. The second-order valence-corrected chi connectivity index (χ2v) is 6.63. The van der Waals surface area contributed by atoms with Crippen LogP contribution in [0.5, 0.6) is 0 Å². The van der Waals surface area contributed by atoms with Gasteiger partial charge in [0.15, 0.2) is 0 Å². The molecule has 1 aliphatic carbocycles. The zero-order valence-corrected chi connectivity index (χ0v) is 12.5. The highest BCUT2D eigenvalue weighted by atomic mass is 79.9. The molecule has 1 saturated carbocycles. The third kappa shape index (κ3) is 4.05. The number of aliphatic hydroxyl groups is 1. The molecule has 17 heavy (non-hydrogen) atoms. The predicted molar refractivity (Wildman–Crippen MR) is 76.4 cm³/mol. The normalized spacial score (nSPS) is 17.8. The summed E-state index contributed by atoms with van der Waals surface area (Å²) >= 11 is 5.30. The zero-order valence-electron chi connectivity index (χ0n) is 10.1. The molecule has 1 N–H and O–H groups in total. The smallest absolute Gasteiger partial charge is 0.0558 e. The van der Waals surface area contributed by atoms with Crippen LogP contribution in [0.1, 0.15) is 37.0 Å². The highest BCUT2D eigenvalue weighted by Crippen LogP contribution is 2.26. The molecule has 2 nitrogen and oxygen atoms in total. The van der Waals surface area contributed by atoms with Gasteiger partial charge in [0.1, 0.15) is 0 Å². The molecular weight excluding hydrogens is 298 g/mol. The lowest BCUT2D eigenvalue weighted by Crippen LogP contribution is -2.38. The third-order valence-electron chi connectivity index (χ3n) is 3.46. The quantitative estimate of drug-likeness (QED) is 0.896. The van der Waals surface area contributed by atoms with E-state index in [1.165, 1.54) is 41.5 Å². The van der Waals surface area contributed by atoms with Gasteiger partial charge in [0, 0.05) is 33.9 Å². The first-order valence-corrected chi connectivity index (χ1v) is 8.04. The van der Waals surface area contributed by atoms with Gasteiger partial charge in [-0.3, -0.25) is 4.90 Å². The Hall–Kier alpha value is 0.1000. The number of rotatable bonds is 5.